The predicted molar refractivity (Wildman–Crippen MR) is 188 cm³/mol. The summed E-state index contributed by atoms with van der Waals surface area (Å²) in [6, 6.07) is 12.0. The molecule has 48 heavy (non-hydrogen) atoms. The number of unbranched alkanes of at least 4 members (excludes halogenated alkanes) is 1. The number of hydrogen-bond donors (Lipinski definition) is 3. The quantitative estimate of drug-likeness (QED) is 0.141. The number of ether oxygens (including phenoxy) is 2. The molecule has 1 aliphatic heterocycles. The zero-order valence-electron chi connectivity index (χ0n) is 28.7. The number of alkyl carbamates (subject to hydrolysis) is 1. The number of nitrogens with zero attached hydrogens (tertiary/aromatic N) is 2. The molecule has 3 N–H and O–H groups in total. The Kier molecular flexibility index (Phi) is 9.73. The lowest BCUT2D eigenvalue weighted by molar-refractivity contribution is -0.144. The van der Waals surface area contributed by atoms with Crippen LogP contribution in [-0.4, -0.2) is 64.8 Å². The minimum atomic E-state index is -0.888. The van der Waals surface area contributed by atoms with Crippen LogP contribution in [0.3, 0.4) is 0 Å². The van der Waals surface area contributed by atoms with E-state index in [-0.39, 0.29) is 11.8 Å². The Balaban J connectivity index is 1.23. The summed E-state index contributed by atoms with van der Waals surface area (Å²) in [5, 5.41) is 14.4. The number of aliphatic carboxylic acids is 1. The van der Waals surface area contributed by atoms with Crippen LogP contribution in [0.1, 0.15) is 105 Å². The predicted octanol–water partition coefficient (Wildman–Crippen LogP) is 7.47. The van der Waals surface area contributed by atoms with Crippen molar-refractivity contribution in [2.24, 2.45) is 5.41 Å². The lowest BCUT2D eigenvalue weighted by atomic mass is 9.81. The monoisotopic (exact) mass is 676 g/mol. The molecule has 258 valence electrons. The van der Waals surface area contributed by atoms with E-state index in [9.17, 15) is 19.5 Å². The van der Waals surface area contributed by atoms with Gasteiger partial charge in [-0.3, -0.25) is 14.3 Å². The maximum absolute atomic E-state index is 13.5. The summed E-state index contributed by atoms with van der Waals surface area (Å²) in [6.45, 7) is 7.11. The highest BCUT2D eigenvalue weighted by molar-refractivity contribution is 7.95. The molecule has 3 aliphatic rings. The molecule has 2 amide bonds. The van der Waals surface area contributed by atoms with Gasteiger partial charge >= 0.3 is 12.1 Å². The Morgan fingerprint density at radius 2 is 1.85 bits per heavy atom. The summed E-state index contributed by atoms with van der Waals surface area (Å²) in [4.78, 5) is 38.2. The second-order valence-electron chi connectivity index (χ2n) is 14.6. The van der Waals surface area contributed by atoms with Crippen LogP contribution in [0.25, 0.3) is 22.2 Å². The molecule has 2 saturated carbocycles. The third-order valence-corrected chi connectivity index (χ3v) is 10.8. The summed E-state index contributed by atoms with van der Waals surface area (Å²) < 4.78 is 18.0. The Morgan fingerprint density at radius 3 is 2.56 bits per heavy atom. The van der Waals surface area contributed by atoms with Crippen LogP contribution in [0.2, 0.25) is 0 Å². The number of methoxy groups -OCH3 is 1. The molecular weight excluding hydrogens is 628 g/mol. The summed E-state index contributed by atoms with van der Waals surface area (Å²) >= 11 is 1.25. The molecule has 0 bridgehead atoms. The molecule has 2 fully saturated rings. The van der Waals surface area contributed by atoms with E-state index in [1.165, 1.54) is 37.0 Å². The van der Waals surface area contributed by atoms with Crippen LogP contribution in [0.4, 0.5) is 4.79 Å². The van der Waals surface area contributed by atoms with E-state index >= 15 is 0 Å². The number of benzene rings is 2. The Morgan fingerprint density at radius 1 is 1.08 bits per heavy atom. The maximum atomic E-state index is 13.5. The van der Waals surface area contributed by atoms with E-state index in [1.54, 1.807) is 7.11 Å². The van der Waals surface area contributed by atoms with Gasteiger partial charge in [0.1, 0.15) is 11.4 Å². The highest BCUT2D eigenvalue weighted by atomic mass is 32.2. The lowest BCUT2D eigenvalue weighted by Gasteiger charge is -2.24. The smallest absolute Gasteiger partial charge is 0.407 e. The van der Waals surface area contributed by atoms with Gasteiger partial charge < -0.3 is 24.5 Å². The summed E-state index contributed by atoms with van der Waals surface area (Å²) in [6.07, 6.45) is 7.59. The second kappa shape index (κ2) is 13.7. The largest absolute Gasteiger partial charge is 0.497 e. The van der Waals surface area contributed by atoms with Gasteiger partial charge in [0.05, 0.1) is 18.2 Å². The van der Waals surface area contributed by atoms with Gasteiger partial charge in [-0.25, -0.2) is 9.10 Å². The van der Waals surface area contributed by atoms with Crippen LogP contribution in [0.5, 0.6) is 5.75 Å². The highest BCUT2D eigenvalue weighted by Crippen LogP contribution is 2.65. The van der Waals surface area contributed by atoms with Crippen LogP contribution >= 0.6 is 12.1 Å². The number of amides is 2. The third kappa shape index (κ3) is 6.89. The molecule has 2 aliphatic carbocycles. The van der Waals surface area contributed by atoms with Gasteiger partial charge in [-0.2, -0.15) is 0 Å². The molecule has 2 heterocycles. The minimum absolute atomic E-state index is 0.0826. The van der Waals surface area contributed by atoms with E-state index in [0.717, 1.165) is 65.7 Å². The first kappa shape index (κ1) is 34.2. The van der Waals surface area contributed by atoms with Gasteiger partial charge in [-0.15, -0.1) is 0 Å². The van der Waals surface area contributed by atoms with Crippen LogP contribution < -0.4 is 14.8 Å². The first-order valence-electron chi connectivity index (χ1n) is 17.1. The van der Waals surface area contributed by atoms with Crippen LogP contribution in [-0.2, 0) is 16.1 Å². The Hall–Kier alpha value is -3.70. The summed E-state index contributed by atoms with van der Waals surface area (Å²) in [5.41, 5.74) is 4.58. The van der Waals surface area contributed by atoms with Gasteiger partial charge in [0.25, 0.3) is 5.91 Å². The normalized spacial score (nSPS) is 20.3. The zero-order chi connectivity index (χ0) is 34.2. The molecule has 1 aromatic heterocycles. The van der Waals surface area contributed by atoms with E-state index in [4.69, 9.17) is 9.47 Å². The van der Waals surface area contributed by atoms with Gasteiger partial charge in [-0.05, 0) is 107 Å². The van der Waals surface area contributed by atoms with Crippen molar-refractivity contribution < 1.29 is 29.0 Å². The second-order valence-corrected chi connectivity index (χ2v) is 15.6. The molecule has 10 nitrogen and oxygen atoms in total. The fourth-order valence-electron chi connectivity index (χ4n) is 7.61. The molecule has 2 atom stereocenters. The van der Waals surface area contributed by atoms with Crippen molar-refractivity contribution in [3.05, 3.63) is 53.1 Å². The average Bonchev–Trinajstić information content (AvgIpc) is 3.73. The average molecular weight is 677 g/mol. The van der Waals surface area contributed by atoms with Crippen molar-refractivity contribution in [1.82, 2.24) is 18.9 Å². The molecule has 0 spiro atoms. The lowest BCUT2D eigenvalue weighted by Crippen LogP contribution is -2.33. The molecule has 3 aromatic rings. The molecule has 0 saturated heterocycles. The fourth-order valence-corrected chi connectivity index (χ4v) is 8.19. The van der Waals surface area contributed by atoms with Crippen molar-refractivity contribution in [2.75, 3.05) is 27.2 Å². The maximum Gasteiger partial charge on any atom is 0.407 e. The van der Waals surface area contributed by atoms with Gasteiger partial charge in [0, 0.05) is 59.7 Å². The van der Waals surface area contributed by atoms with Crippen molar-refractivity contribution in [1.29, 1.82) is 0 Å². The Bertz CT molecular complexity index is 1710. The number of rotatable bonds is 11. The van der Waals surface area contributed by atoms with Gasteiger partial charge in [0.15, 0.2) is 0 Å². The molecule has 6 rings (SSSR count). The van der Waals surface area contributed by atoms with Crippen LogP contribution in [0.15, 0.2) is 36.4 Å². The number of carbonyl (C=O) groups excluding carboxylic acids is 2. The van der Waals surface area contributed by atoms with E-state index in [2.05, 4.69) is 26.7 Å². The van der Waals surface area contributed by atoms with Crippen LogP contribution in [0, 0.1) is 5.41 Å². The number of nitrogens with one attached hydrogen (secondary N) is 2. The number of aromatic nitrogens is 1. The fraction of sp³-hybridized carbons (Fsp3) is 0.541. The van der Waals surface area contributed by atoms with Gasteiger partial charge in [-0.1, -0.05) is 25.3 Å². The Labute approximate surface area is 287 Å². The molecular formula is C37H48N4O6S. The molecule has 0 radical (unpaired) electrons. The number of fused-ring (bicyclic) bond motifs is 7. The minimum Gasteiger partial charge on any atom is -0.497 e. The highest BCUT2D eigenvalue weighted by Gasteiger charge is 2.63. The van der Waals surface area contributed by atoms with Crippen molar-refractivity contribution >= 4 is 41.0 Å². The van der Waals surface area contributed by atoms with Crippen molar-refractivity contribution in [2.45, 2.75) is 96.1 Å². The zero-order valence-corrected chi connectivity index (χ0v) is 29.5. The third-order valence-electron chi connectivity index (χ3n) is 10.1. The molecule has 11 heteroatoms. The van der Waals surface area contributed by atoms with E-state index < -0.39 is 23.1 Å². The number of hydrogen-bond acceptors (Lipinski definition) is 7. The SMILES string of the molecule is COc1ccc2c(c1)C1CC1(C(=O)O)Cn1c-2c(C2CCCCC2)c2ccc(C(=O)NSN(C)CCCCNC(=O)OC(C)(C)C)cc21. The first-order chi connectivity index (χ1) is 22.9. The number of carboxylic acids is 1. The van der Waals surface area contributed by atoms with Crippen molar-refractivity contribution in [3.63, 3.8) is 0 Å². The standard InChI is InChI=1S/C37H48N4O6S/c1-36(2,3)47-35(45)38-17-9-10-18-40(4)48-39-33(42)24-13-15-27-30(19-24)41-22-37(34(43)44)21-29(37)28-20-25(46-5)14-16-26(28)32(41)31(27)23-11-7-6-8-12-23/h13-16,19-20,23,29H,6-12,17-18,21-22H2,1-5H3,(H,38,45)(H,39,42)(H,43,44). The summed E-state index contributed by atoms with van der Waals surface area (Å²) in [7, 11) is 3.57. The topological polar surface area (TPSA) is 122 Å². The van der Waals surface area contributed by atoms with Crippen molar-refractivity contribution in [3.8, 4) is 17.0 Å². The number of carboxylic acid groups (broad SMARTS) is 1. The van der Waals surface area contributed by atoms with E-state index in [0.29, 0.717) is 31.0 Å². The first-order valence-corrected chi connectivity index (χ1v) is 17.9. The summed E-state index contributed by atoms with van der Waals surface area (Å²) in [5.74, 6) is 0.0597. The molecule has 2 unspecified atom stereocenters. The molecule has 2 aromatic carbocycles. The van der Waals surface area contributed by atoms with E-state index in [1.807, 2.05) is 56.4 Å². The van der Waals surface area contributed by atoms with Gasteiger partial charge in [0.2, 0.25) is 0 Å². The number of carbonyl (C=O) groups is 3.